The molecule has 1 aliphatic heterocycles. The zero-order valence-electron chi connectivity index (χ0n) is 12.8. The van der Waals surface area contributed by atoms with Crippen molar-refractivity contribution < 1.29 is 4.74 Å². The second-order valence-corrected chi connectivity index (χ2v) is 7.59. The maximum absolute atomic E-state index is 6.06. The fourth-order valence-electron chi connectivity index (χ4n) is 2.70. The van der Waals surface area contributed by atoms with E-state index in [9.17, 15) is 0 Å². The molecule has 3 heteroatoms. The van der Waals surface area contributed by atoms with Crippen molar-refractivity contribution in [3.8, 4) is 5.75 Å². The molecule has 1 aliphatic rings. The molecule has 20 heavy (non-hydrogen) atoms. The Morgan fingerprint density at radius 2 is 2.10 bits per heavy atom. The van der Waals surface area contributed by atoms with E-state index in [1.54, 1.807) is 0 Å². The van der Waals surface area contributed by atoms with Crippen molar-refractivity contribution in [2.75, 3.05) is 13.2 Å². The van der Waals surface area contributed by atoms with E-state index in [0.29, 0.717) is 6.04 Å². The molecule has 1 saturated heterocycles. The maximum Gasteiger partial charge on any atom is 0.123 e. The molecule has 0 aromatic heterocycles. The van der Waals surface area contributed by atoms with Crippen LogP contribution in [0, 0.1) is 0 Å². The highest BCUT2D eigenvalue weighted by molar-refractivity contribution is 9.10. The highest BCUT2D eigenvalue weighted by Gasteiger charge is 2.20. The minimum absolute atomic E-state index is 0.0994. The monoisotopic (exact) mass is 339 g/mol. The van der Waals surface area contributed by atoms with Crippen LogP contribution in [0.4, 0.5) is 0 Å². The molecule has 1 aromatic carbocycles. The predicted octanol–water partition coefficient (Wildman–Crippen LogP) is 4.66. The summed E-state index contributed by atoms with van der Waals surface area (Å²) in [6.07, 6.45) is 5.05. The molecule has 1 atom stereocenters. The molecule has 0 amide bonds. The van der Waals surface area contributed by atoms with Crippen molar-refractivity contribution in [3.63, 3.8) is 0 Å². The van der Waals surface area contributed by atoms with E-state index >= 15 is 0 Å². The fraction of sp³-hybridized carbons (Fsp3) is 0.647. The lowest BCUT2D eigenvalue weighted by molar-refractivity contribution is 0.263. The van der Waals surface area contributed by atoms with Crippen LogP contribution < -0.4 is 10.1 Å². The Labute approximate surface area is 131 Å². The van der Waals surface area contributed by atoms with Gasteiger partial charge in [-0.2, -0.15) is 0 Å². The lowest BCUT2D eigenvalue weighted by atomic mass is 9.86. The molecular weight excluding hydrogens is 314 g/mol. The van der Waals surface area contributed by atoms with Crippen LogP contribution in [0.15, 0.2) is 22.7 Å². The molecule has 2 rings (SSSR count). The Balaban J connectivity index is 1.95. The van der Waals surface area contributed by atoms with Crippen LogP contribution in [0.25, 0.3) is 0 Å². The highest BCUT2D eigenvalue weighted by atomic mass is 79.9. The van der Waals surface area contributed by atoms with Gasteiger partial charge in [0.25, 0.3) is 0 Å². The van der Waals surface area contributed by atoms with Crippen LogP contribution in [0.3, 0.4) is 0 Å². The molecule has 1 aromatic rings. The average Bonchev–Trinajstić information content (AvgIpc) is 2.40. The maximum atomic E-state index is 6.06. The Kier molecular flexibility index (Phi) is 5.50. The van der Waals surface area contributed by atoms with Gasteiger partial charge in [0.1, 0.15) is 5.75 Å². The summed E-state index contributed by atoms with van der Waals surface area (Å²) in [5.41, 5.74) is 1.37. The average molecular weight is 340 g/mol. The SMILES string of the molecule is CC(C)(C)c1cc(Br)ccc1OCC[C@H]1CCCCN1. The van der Waals surface area contributed by atoms with Crippen molar-refractivity contribution in [1.82, 2.24) is 5.32 Å². The van der Waals surface area contributed by atoms with Crippen molar-refractivity contribution in [3.05, 3.63) is 28.2 Å². The lowest BCUT2D eigenvalue weighted by Gasteiger charge is -2.25. The van der Waals surface area contributed by atoms with Crippen molar-refractivity contribution >= 4 is 15.9 Å². The first-order valence-corrected chi connectivity index (χ1v) is 8.42. The Bertz CT molecular complexity index is 433. The van der Waals surface area contributed by atoms with E-state index < -0.39 is 0 Å². The van der Waals surface area contributed by atoms with Gasteiger partial charge in [-0.15, -0.1) is 0 Å². The number of benzene rings is 1. The largest absolute Gasteiger partial charge is 0.493 e. The topological polar surface area (TPSA) is 21.3 Å². The second-order valence-electron chi connectivity index (χ2n) is 6.67. The first-order chi connectivity index (χ1) is 9.47. The molecule has 0 saturated carbocycles. The summed E-state index contributed by atoms with van der Waals surface area (Å²) in [6.45, 7) is 8.64. The van der Waals surface area contributed by atoms with Crippen molar-refractivity contribution in [2.24, 2.45) is 0 Å². The van der Waals surface area contributed by atoms with E-state index in [2.05, 4.69) is 60.2 Å². The van der Waals surface area contributed by atoms with Gasteiger partial charge >= 0.3 is 0 Å². The second kappa shape index (κ2) is 6.95. The van der Waals surface area contributed by atoms with Gasteiger partial charge in [0.2, 0.25) is 0 Å². The molecule has 0 spiro atoms. The van der Waals surface area contributed by atoms with Gasteiger partial charge in [-0.1, -0.05) is 43.1 Å². The summed E-state index contributed by atoms with van der Waals surface area (Å²) in [6, 6.07) is 6.95. The van der Waals surface area contributed by atoms with E-state index in [0.717, 1.165) is 29.8 Å². The van der Waals surface area contributed by atoms with Crippen molar-refractivity contribution in [1.29, 1.82) is 0 Å². The number of nitrogens with one attached hydrogen (secondary N) is 1. The van der Waals surface area contributed by atoms with Gasteiger partial charge in [0.05, 0.1) is 6.61 Å². The fourth-order valence-corrected chi connectivity index (χ4v) is 3.06. The van der Waals surface area contributed by atoms with E-state index in [4.69, 9.17) is 4.74 Å². The normalized spacial score (nSPS) is 19.9. The Hall–Kier alpha value is -0.540. The zero-order valence-corrected chi connectivity index (χ0v) is 14.4. The van der Waals surface area contributed by atoms with Gasteiger partial charge in [0.15, 0.2) is 0 Å². The molecular formula is C17H26BrNO. The van der Waals surface area contributed by atoms with E-state index in [1.165, 1.54) is 24.8 Å². The highest BCUT2D eigenvalue weighted by Crippen LogP contribution is 2.33. The zero-order chi connectivity index (χ0) is 14.6. The number of hydrogen-bond acceptors (Lipinski definition) is 2. The van der Waals surface area contributed by atoms with Crippen LogP contribution in [-0.2, 0) is 5.41 Å². The van der Waals surface area contributed by atoms with Crippen LogP contribution in [0.5, 0.6) is 5.75 Å². The Morgan fingerprint density at radius 3 is 2.75 bits per heavy atom. The molecule has 1 N–H and O–H groups in total. The first-order valence-electron chi connectivity index (χ1n) is 7.63. The van der Waals surface area contributed by atoms with Crippen molar-refractivity contribution in [2.45, 2.75) is 57.9 Å². The third kappa shape index (κ3) is 4.49. The number of halogens is 1. The van der Waals surface area contributed by atoms with Crippen LogP contribution in [0.1, 0.15) is 52.0 Å². The summed E-state index contributed by atoms with van der Waals surface area (Å²) < 4.78 is 7.18. The molecule has 1 heterocycles. The van der Waals surface area contributed by atoms with Gasteiger partial charge in [-0.05, 0) is 49.4 Å². The third-order valence-corrected chi connectivity index (χ3v) is 4.38. The van der Waals surface area contributed by atoms with Crippen LogP contribution in [-0.4, -0.2) is 19.2 Å². The summed E-state index contributed by atoms with van der Waals surface area (Å²) in [4.78, 5) is 0. The van der Waals surface area contributed by atoms with Crippen LogP contribution >= 0.6 is 15.9 Å². The van der Waals surface area contributed by atoms with Crippen LogP contribution in [0.2, 0.25) is 0 Å². The van der Waals surface area contributed by atoms with E-state index in [-0.39, 0.29) is 5.41 Å². The Morgan fingerprint density at radius 1 is 1.30 bits per heavy atom. The minimum Gasteiger partial charge on any atom is -0.493 e. The third-order valence-electron chi connectivity index (χ3n) is 3.89. The van der Waals surface area contributed by atoms with E-state index in [1.807, 2.05) is 0 Å². The number of piperidine rings is 1. The molecule has 0 bridgehead atoms. The number of ether oxygens (including phenoxy) is 1. The molecule has 2 nitrogen and oxygen atoms in total. The lowest BCUT2D eigenvalue weighted by Crippen LogP contribution is -2.35. The summed E-state index contributed by atoms with van der Waals surface area (Å²) >= 11 is 3.55. The molecule has 0 unspecified atom stereocenters. The number of rotatable bonds is 4. The quantitative estimate of drug-likeness (QED) is 0.861. The summed E-state index contributed by atoms with van der Waals surface area (Å²) in [5.74, 6) is 1.02. The molecule has 112 valence electrons. The molecule has 0 radical (unpaired) electrons. The number of hydrogen-bond donors (Lipinski definition) is 1. The van der Waals surface area contributed by atoms with Gasteiger partial charge in [-0.3, -0.25) is 0 Å². The molecule has 1 fully saturated rings. The minimum atomic E-state index is 0.0994. The van der Waals surface area contributed by atoms with Gasteiger partial charge in [0, 0.05) is 16.1 Å². The first kappa shape index (κ1) is 15.8. The standard InChI is InChI=1S/C17H26BrNO/c1-17(2,3)15-12-13(18)7-8-16(15)20-11-9-14-6-4-5-10-19-14/h7-8,12,14,19H,4-6,9-11H2,1-3H3/t14-/m1/s1. The van der Waals surface area contributed by atoms with Gasteiger partial charge in [-0.25, -0.2) is 0 Å². The van der Waals surface area contributed by atoms with Gasteiger partial charge < -0.3 is 10.1 Å². The smallest absolute Gasteiger partial charge is 0.123 e. The molecule has 0 aliphatic carbocycles. The predicted molar refractivity (Wildman–Crippen MR) is 88.6 cm³/mol. The summed E-state index contributed by atoms with van der Waals surface area (Å²) in [7, 11) is 0. The summed E-state index contributed by atoms with van der Waals surface area (Å²) in [5, 5.41) is 3.57.